The van der Waals surface area contributed by atoms with Gasteiger partial charge in [-0.2, -0.15) is 0 Å². The molecule has 46 heavy (non-hydrogen) atoms. The van der Waals surface area contributed by atoms with Crippen LogP contribution >= 0.6 is 0 Å². The van der Waals surface area contributed by atoms with Crippen LogP contribution in [0, 0.1) is 0 Å². The highest BCUT2D eigenvalue weighted by atomic mass is 16.5. The number of nitrogens with zero attached hydrogens (tertiary/aromatic N) is 1. The van der Waals surface area contributed by atoms with E-state index < -0.39 is 12.0 Å². The number of amidine groups is 1. The van der Waals surface area contributed by atoms with Crippen molar-refractivity contribution >= 4 is 12.0 Å². The molecule has 1 unspecified atom stereocenters. The highest BCUT2D eigenvalue weighted by Gasteiger charge is 2.34. The minimum absolute atomic E-state index is 0.0338. The molecular weight excluding hydrogens is 576 g/mol. The Morgan fingerprint density at radius 1 is 0.848 bits per heavy atom. The van der Waals surface area contributed by atoms with Gasteiger partial charge in [0.2, 0.25) is 0 Å². The minimum atomic E-state index is -0.619. The fourth-order valence-corrected chi connectivity index (χ4v) is 5.99. The lowest BCUT2D eigenvalue weighted by molar-refractivity contribution is -0.136. The summed E-state index contributed by atoms with van der Waals surface area (Å²) >= 11 is 0. The van der Waals surface area contributed by atoms with E-state index in [4.69, 9.17) is 23.9 Å². The van der Waals surface area contributed by atoms with Crippen molar-refractivity contribution in [1.82, 2.24) is 5.32 Å². The number of methoxy groups -OCH3 is 2. The summed E-state index contributed by atoms with van der Waals surface area (Å²) in [6.45, 7) is 8.49. The number of aliphatic imine (C=N–C) groups is 1. The molecule has 1 N–H and O–H groups in total. The Morgan fingerprint density at radius 3 is 2.02 bits per heavy atom. The van der Waals surface area contributed by atoms with E-state index >= 15 is 0 Å². The molecule has 1 aliphatic heterocycles. The maximum atomic E-state index is 13.2. The smallest absolute Gasteiger partial charge is 0.338 e. The van der Waals surface area contributed by atoms with Crippen LogP contribution in [0.3, 0.4) is 0 Å². The van der Waals surface area contributed by atoms with Gasteiger partial charge in [-0.25, -0.2) is 9.79 Å². The molecular formula is C39H58N2O5. The molecule has 0 aliphatic carbocycles. The predicted octanol–water partition coefficient (Wildman–Crippen LogP) is 9.78. The second-order valence-corrected chi connectivity index (χ2v) is 12.6. The number of benzene rings is 2. The molecule has 2 aromatic carbocycles. The average molecular weight is 635 g/mol. The Labute approximate surface area is 278 Å². The molecule has 0 saturated heterocycles. The first-order valence-electron chi connectivity index (χ1n) is 17.6. The average Bonchev–Trinajstić information content (AvgIpc) is 3.05. The molecule has 0 aromatic heterocycles. The summed E-state index contributed by atoms with van der Waals surface area (Å²) in [6.07, 6.45) is 18.0. The van der Waals surface area contributed by atoms with Crippen molar-refractivity contribution < 1.29 is 23.7 Å². The van der Waals surface area contributed by atoms with Crippen LogP contribution in [0.15, 0.2) is 58.7 Å². The zero-order valence-corrected chi connectivity index (χ0v) is 29.3. The molecule has 3 rings (SSSR count). The lowest BCUT2D eigenvalue weighted by atomic mass is 9.89. The third-order valence-electron chi connectivity index (χ3n) is 8.50. The number of hydrogen-bond acceptors (Lipinski definition) is 7. The Morgan fingerprint density at radius 2 is 1.46 bits per heavy atom. The number of rotatable bonds is 21. The summed E-state index contributed by atoms with van der Waals surface area (Å²) < 4.78 is 23.0. The van der Waals surface area contributed by atoms with Crippen LogP contribution in [-0.2, 0) is 27.3 Å². The molecule has 0 radical (unpaired) electrons. The molecule has 0 saturated carbocycles. The number of aryl methyl sites for hydroxylation is 1. The first-order valence-corrected chi connectivity index (χ1v) is 17.6. The van der Waals surface area contributed by atoms with Crippen molar-refractivity contribution in [2.75, 3.05) is 14.2 Å². The Bertz CT molecular complexity index is 1250. The predicted molar refractivity (Wildman–Crippen MR) is 187 cm³/mol. The molecule has 254 valence electrons. The molecule has 0 fully saturated rings. The van der Waals surface area contributed by atoms with E-state index in [0.29, 0.717) is 23.9 Å². The Hall–Kier alpha value is -3.48. The van der Waals surface area contributed by atoms with Gasteiger partial charge in [-0.15, -0.1) is 0 Å². The van der Waals surface area contributed by atoms with Gasteiger partial charge < -0.3 is 24.3 Å². The van der Waals surface area contributed by atoms with Gasteiger partial charge in [-0.3, -0.25) is 0 Å². The van der Waals surface area contributed by atoms with Gasteiger partial charge in [-0.05, 0) is 62.9 Å². The first kappa shape index (κ1) is 37.0. The van der Waals surface area contributed by atoms with Gasteiger partial charge in [0.15, 0.2) is 0 Å². The van der Waals surface area contributed by atoms with E-state index in [1.54, 1.807) is 7.11 Å². The van der Waals surface area contributed by atoms with Gasteiger partial charge >= 0.3 is 5.97 Å². The van der Waals surface area contributed by atoms with Crippen molar-refractivity contribution in [3.8, 4) is 11.5 Å². The normalized spacial score (nSPS) is 14.6. The summed E-state index contributed by atoms with van der Waals surface area (Å²) in [5.41, 5.74) is 4.14. The molecule has 7 nitrogen and oxygen atoms in total. The van der Waals surface area contributed by atoms with Crippen molar-refractivity contribution in [2.45, 2.75) is 136 Å². The number of allylic oxidation sites excluding steroid dienone is 1. The number of nitrogens with one attached hydrogen (secondary N) is 1. The Balaban J connectivity index is 1.69. The maximum absolute atomic E-state index is 13.2. The summed E-state index contributed by atoms with van der Waals surface area (Å²) in [6, 6.07) is 13.6. The van der Waals surface area contributed by atoms with Crippen molar-refractivity contribution in [1.29, 1.82) is 0 Å². The molecule has 2 aromatic rings. The molecule has 0 amide bonds. The third kappa shape index (κ3) is 12.0. The van der Waals surface area contributed by atoms with Crippen molar-refractivity contribution in [2.24, 2.45) is 4.99 Å². The van der Waals surface area contributed by atoms with Gasteiger partial charge in [0, 0.05) is 11.3 Å². The number of unbranched alkanes of at least 4 members (excludes halogenated alkanes) is 12. The largest absolute Gasteiger partial charge is 0.497 e. The quantitative estimate of drug-likeness (QED) is 0.109. The van der Waals surface area contributed by atoms with Crippen LogP contribution in [-0.4, -0.2) is 32.3 Å². The van der Waals surface area contributed by atoms with E-state index in [9.17, 15) is 4.79 Å². The summed E-state index contributed by atoms with van der Waals surface area (Å²) in [4.78, 5) is 18.1. The third-order valence-corrected chi connectivity index (χ3v) is 8.50. The van der Waals surface area contributed by atoms with Gasteiger partial charge in [0.25, 0.3) is 6.02 Å². The zero-order valence-electron chi connectivity index (χ0n) is 29.3. The molecule has 1 heterocycles. The SMILES string of the molecule is CCCCCCCCCCCCCCCc1cccc(OC(C)C)c1C1N=C(OCc2ccc(OC)cc2)NC(C)=C1C(=O)OC. The van der Waals surface area contributed by atoms with E-state index in [0.717, 1.165) is 41.0 Å². The standard InChI is InChI=1S/C39H58N2O5/c1-7-8-9-10-11-12-13-14-15-16-17-18-19-21-32-22-20-23-34(46-29(2)3)36(32)37-35(38(42)44-6)30(4)40-39(41-37)45-28-31-24-26-33(43-5)27-25-31/h20,22-27,29,37H,7-19,21,28H2,1-6H3,(H,40,41). The number of esters is 1. The second-order valence-electron chi connectivity index (χ2n) is 12.6. The second kappa shape index (κ2) is 20.6. The van der Waals surface area contributed by atoms with Crippen LogP contribution in [0.5, 0.6) is 11.5 Å². The van der Waals surface area contributed by atoms with E-state index in [1.807, 2.05) is 57.2 Å². The number of carbonyl (C=O) groups is 1. The molecule has 1 atom stereocenters. The fourth-order valence-electron chi connectivity index (χ4n) is 5.99. The van der Waals surface area contributed by atoms with Gasteiger partial charge in [-0.1, -0.05) is 108 Å². The minimum Gasteiger partial charge on any atom is -0.497 e. The highest BCUT2D eigenvalue weighted by Crippen LogP contribution is 2.40. The maximum Gasteiger partial charge on any atom is 0.338 e. The highest BCUT2D eigenvalue weighted by molar-refractivity contribution is 5.94. The topological polar surface area (TPSA) is 78.4 Å². The Kier molecular flexibility index (Phi) is 16.6. The monoisotopic (exact) mass is 634 g/mol. The zero-order chi connectivity index (χ0) is 33.1. The van der Waals surface area contributed by atoms with Crippen LogP contribution in [0.1, 0.15) is 134 Å². The van der Waals surface area contributed by atoms with Crippen molar-refractivity contribution in [3.63, 3.8) is 0 Å². The van der Waals surface area contributed by atoms with Gasteiger partial charge in [0.1, 0.15) is 24.1 Å². The molecule has 0 spiro atoms. The van der Waals surface area contributed by atoms with Crippen LogP contribution in [0.4, 0.5) is 0 Å². The number of ether oxygens (including phenoxy) is 4. The van der Waals surface area contributed by atoms with Crippen LogP contribution in [0.25, 0.3) is 0 Å². The van der Waals surface area contributed by atoms with E-state index in [1.165, 1.54) is 84.2 Å². The summed E-state index contributed by atoms with van der Waals surface area (Å²) in [5.74, 6) is 1.11. The van der Waals surface area contributed by atoms with Crippen molar-refractivity contribution in [3.05, 3.63) is 70.4 Å². The first-order chi connectivity index (χ1) is 22.4. The van der Waals surface area contributed by atoms with Gasteiger partial charge in [0.05, 0.1) is 25.9 Å². The molecule has 1 aliphatic rings. The number of hydrogen-bond donors (Lipinski definition) is 1. The van der Waals surface area contributed by atoms with Crippen LogP contribution < -0.4 is 14.8 Å². The summed E-state index contributed by atoms with van der Waals surface area (Å²) in [7, 11) is 3.05. The molecule has 0 bridgehead atoms. The lowest BCUT2D eigenvalue weighted by Crippen LogP contribution is -2.34. The number of carbonyl (C=O) groups excluding carboxylic acids is 1. The van der Waals surface area contributed by atoms with Crippen LogP contribution in [0.2, 0.25) is 0 Å². The molecule has 7 heteroatoms. The summed E-state index contributed by atoms with van der Waals surface area (Å²) in [5, 5.41) is 3.19. The van der Waals surface area contributed by atoms with E-state index in [2.05, 4.69) is 18.3 Å². The lowest BCUT2D eigenvalue weighted by Gasteiger charge is -2.28. The van der Waals surface area contributed by atoms with E-state index in [-0.39, 0.29) is 6.10 Å². The fraction of sp³-hybridized carbons (Fsp3) is 0.590.